The van der Waals surface area contributed by atoms with E-state index in [-0.39, 0.29) is 11.3 Å². The Morgan fingerprint density at radius 2 is 1.58 bits per heavy atom. The molecule has 0 saturated heterocycles. The molecule has 1 amide bonds. The van der Waals surface area contributed by atoms with Gasteiger partial charge in [0, 0.05) is 10.7 Å². The number of hydrogen-bond acceptors (Lipinski definition) is 4. The Hall–Kier alpha value is -2.38. The molecule has 0 atom stereocenters. The lowest BCUT2D eigenvalue weighted by molar-refractivity contribution is -0.113. The van der Waals surface area contributed by atoms with Crippen LogP contribution in [0.2, 0.25) is 5.02 Å². The third kappa shape index (κ3) is 5.36. The molecule has 0 radical (unpaired) electrons. The van der Waals surface area contributed by atoms with Crippen LogP contribution in [0.25, 0.3) is 0 Å². The van der Waals surface area contributed by atoms with E-state index in [0.717, 1.165) is 0 Å². The molecule has 0 spiro atoms. The van der Waals surface area contributed by atoms with E-state index in [1.165, 1.54) is 24.3 Å². The first kappa shape index (κ1) is 18.0. The van der Waals surface area contributed by atoms with Crippen molar-refractivity contribution in [1.82, 2.24) is 0 Å². The van der Waals surface area contributed by atoms with Crippen molar-refractivity contribution in [2.75, 3.05) is 11.1 Å². The van der Waals surface area contributed by atoms with Gasteiger partial charge in [-0.1, -0.05) is 23.7 Å². The van der Waals surface area contributed by atoms with Gasteiger partial charge < -0.3 is 10.4 Å². The number of amides is 1. The number of carbonyl (C=O) groups excluding carboxylic acids is 1. The molecule has 6 nitrogen and oxygen atoms in total. The van der Waals surface area contributed by atoms with E-state index < -0.39 is 27.5 Å². The largest absolute Gasteiger partial charge is 0.478 e. The van der Waals surface area contributed by atoms with Crippen LogP contribution in [-0.4, -0.2) is 31.2 Å². The molecule has 24 heavy (non-hydrogen) atoms. The molecular formula is C16H14ClNO5S. The second kappa shape index (κ2) is 7.46. The number of carboxylic acids is 1. The zero-order valence-electron chi connectivity index (χ0n) is 12.4. The van der Waals surface area contributed by atoms with Gasteiger partial charge in [-0.2, -0.15) is 0 Å². The number of carboxylic acid groups (broad SMARTS) is 1. The maximum Gasteiger partial charge on any atom is 0.335 e. The van der Waals surface area contributed by atoms with Crippen molar-refractivity contribution in [2.24, 2.45) is 0 Å². The van der Waals surface area contributed by atoms with E-state index >= 15 is 0 Å². The van der Waals surface area contributed by atoms with Crippen LogP contribution in [-0.2, 0) is 20.4 Å². The Morgan fingerprint density at radius 1 is 1.00 bits per heavy atom. The summed E-state index contributed by atoms with van der Waals surface area (Å²) in [7, 11) is -3.68. The van der Waals surface area contributed by atoms with Crippen LogP contribution in [0.4, 0.5) is 5.69 Å². The zero-order valence-corrected chi connectivity index (χ0v) is 14.0. The molecule has 0 fully saturated rings. The minimum Gasteiger partial charge on any atom is -0.478 e. The molecule has 2 aromatic carbocycles. The molecule has 2 N–H and O–H groups in total. The van der Waals surface area contributed by atoms with Crippen molar-refractivity contribution < 1.29 is 23.1 Å². The quantitative estimate of drug-likeness (QED) is 0.817. The summed E-state index contributed by atoms with van der Waals surface area (Å²) < 4.78 is 24.2. The first-order valence-corrected chi connectivity index (χ1v) is 9.03. The second-order valence-corrected chi connectivity index (χ2v) is 7.59. The van der Waals surface area contributed by atoms with Crippen LogP contribution in [0.3, 0.4) is 0 Å². The summed E-state index contributed by atoms with van der Waals surface area (Å²) in [6, 6.07) is 11.8. The van der Waals surface area contributed by atoms with Crippen LogP contribution < -0.4 is 5.32 Å². The highest BCUT2D eigenvalue weighted by molar-refractivity contribution is 7.91. The average molecular weight is 368 g/mol. The normalized spacial score (nSPS) is 11.0. The first-order valence-electron chi connectivity index (χ1n) is 6.83. The van der Waals surface area contributed by atoms with Gasteiger partial charge in [0.2, 0.25) is 5.91 Å². The minimum absolute atomic E-state index is 0.0663. The number of benzene rings is 2. The Morgan fingerprint density at radius 3 is 2.12 bits per heavy atom. The first-order chi connectivity index (χ1) is 11.2. The predicted molar refractivity (Wildman–Crippen MR) is 91.0 cm³/mol. The third-order valence-corrected chi connectivity index (χ3v) is 4.79. The van der Waals surface area contributed by atoms with Gasteiger partial charge in [0.05, 0.1) is 11.3 Å². The standard InChI is InChI=1S/C16H14ClNO5S/c17-13-5-7-14(8-6-13)18-15(19)10-24(22,23)9-11-1-3-12(4-2-11)16(20)21/h1-8H,9-10H2,(H,18,19)(H,20,21). The van der Waals surface area contributed by atoms with Crippen LogP contribution in [0.5, 0.6) is 0 Å². The predicted octanol–water partition coefficient (Wildman–Crippen LogP) is 2.59. The average Bonchev–Trinajstić information content (AvgIpc) is 2.49. The molecule has 0 unspecified atom stereocenters. The van der Waals surface area contributed by atoms with E-state index in [2.05, 4.69) is 5.32 Å². The molecule has 8 heteroatoms. The van der Waals surface area contributed by atoms with E-state index in [1.54, 1.807) is 24.3 Å². The smallest absolute Gasteiger partial charge is 0.335 e. The minimum atomic E-state index is -3.68. The number of nitrogens with one attached hydrogen (secondary N) is 1. The number of aromatic carboxylic acids is 1. The number of carbonyl (C=O) groups is 2. The Bertz CT molecular complexity index is 845. The maximum absolute atomic E-state index is 12.1. The fourth-order valence-corrected chi connectivity index (χ4v) is 3.38. The Labute approximate surface area is 144 Å². The van der Waals surface area contributed by atoms with Crippen LogP contribution in [0, 0.1) is 0 Å². The highest BCUT2D eigenvalue weighted by atomic mass is 35.5. The fourth-order valence-electron chi connectivity index (χ4n) is 1.98. The molecule has 2 aromatic rings. The lowest BCUT2D eigenvalue weighted by Crippen LogP contribution is -2.23. The van der Waals surface area contributed by atoms with Crippen LogP contribution in [0.1, 0.15) is 15.9 Å². The van der Waals surface area contributed by atoms with Gasteiger partial charge in [-0.25, -0.2) is 13.2 Å². The summed E-state index contributed by atoms with van der Waals surface area (Å²) in [4.78, 5) is 22.6. The van der Waals surface area contributed by atoms with Gasteiger partial charge >= 0.3 is 5.97 Å². The van der Waals surface area contributed by atoms with Gasteiger partial charge in [-0.05, 0) is 42.0 Å². The van der Waals surface area contributed by atoms with E-state index in [1.807, 2.05) is 0 Å². The monoisotopic (exact) mass is 367 g/mol. The molecule has 0 aromatic heterocycles. The third-order valence-electron chi connectivity index (χ3n) is 3.07. The van der Waals surface area contributed by atoms with Crippen molar-refractivity contribution in [1.29, 1.82) is 0 Å². The molecule has 0 aliphatic heterocycles. The van der Waals surface area contributed by atoms with Gasteiger partial charge in [0.15, 0.2) is 9.84 Å². The van der Waals surface area contributed by atoms with Gasteiger partial charge in [-0.3, -0.25) is 4.79 Å². The Balaban J connectivity index is 1.98. The van der Waals surface area contributed by atoms with Crippen molar-refractivity contribution in [3.05, 3.63) is 64.7 Å². The number of anilines is 1. The molecule has 0 bridgehead atoms. The number of sulfone groups is 1. The van der Waals surface area contributed by atoms with E-state index in [9.17, 15) is 18.0 Å². The summed E-state index contributed by atoms with van der Waals surface area (Å²) in [5.41, 5.74) is 0.932. The zero-order chi connectivity index (χ0) is 17.7. The van der Waals surface area contributed by atoms with Gasteiger partial charge in [0.25, 0.3) is 0 Å². The van der Waals surface area contributed by atoms with E-state index in [4.69, 9.17) is 16.7 Å². The summed E-state index contributed by atoms with van der Waals surface area (Å²) in [6.45, 7) is 0. The fraction of sp³-hybridized carbons (Fsp3) is 0.125. The molecule has 0 saturated carbocycles. The number of rotatable bonds is 6. The highest BCUT2D eigenvalue weighted by Crippen LogP contribution is 2.14. The lowest BCUT2D eigenvalue weighted by atomic mass is 10.1. The van der Waals surface area contributed by atoms with Crippen molar-refractivity contribution in [3.63, 3.8) is 0 Å². The highest BCUT2D eigenvalue weighted by Gasteiger charge is 2.18. The van der Waals surface area contributed by atoms with Crippen LogP contribution in [0.15, 0.2) is 48.5 Å². The molecule has 2 rings (SSSR count). The molecule has 126 valence electrons. The number of hydrogen-bond donors (Lipinski definition) is 2. The molecule has 0 heterocycles. The SMILES string of the molecule is O=C(CS(=O)(=O)Cc1ccc(C(=O)O)cc1)Nc1ccc(Cl)cc1. The van der Waals surface area contributed by atoms with Gasteiger partial charge in [-0.15, -0.1) is 0 Å². The summed E-state index contributed by atoms with van der Waals surface area (Å²) in [5, 5.41) is 11.8. The Kier molecular flexibility index (Phi) is 5.58. The lowest BCUT2D eigenvalue weighted by Gasteiger charge is -2.07. The van der Waals surface area contributed by atoms with Crippen molar-refractivity contribution >= 4 is 39.0 Å². The van der Waals surface area contributed by atoms with Crippen molar-refractivity contribution in [3.8, 4) is 0 Å². The summed E-state index contributed by atoms with van der Waals surface area (Å²) >= 11 is 5.73. The molecular weight excluding hydrogens is 354 g/mol. The van der Waals surface area contributed by atoms with Crippen molar-refractivity contribution in [2.45, 2.75) is 5.75 Å². The summed E-state index contributed by atoms with van der Waals surface area (Å²) in [6.07, 6.45) is 0. The van der Waals surface area contributed by atoms with E-state index in [0.29, 0.717) is 16.3 Å². The molecule has 0 aliphatic carbocycles. The second-order valence-electron chi connectivity index (χ2n) is 5.09. The van der Waals surface area contributed by atoms with Crippen LogP contribution >= 0.6 is 11.6 Å². The number of halogens is 1. The topological polar surface area (TPSA) is 101 Å². The maximum atomic E-state index is 12.1. The van der Waals surface area contributed by atoms with Gasteiger partial charge in [0.1, 0.15) is 5.75 Å². The molecule has 0 aliphatic rings. The summed E-state index contributed by atoms with van der Waals surface area (Å²) in [5.74, 6) is -2.76.